The summed E-state index contributed by atoms with van der Waals surface area (Å²) in [5.74, 6) is 0. The molecule has 1 saturated heterocycles. The Bertz CT molecular complexity index is 481. The number of hydrogen-bond acceptors (Lipinski definition) is 3. The second-order valence-corrected chi connectivity index (χ2v) is 6.70. The van der Waals surface area contributed by atoms with Gasteiger partial charge in [0.1, 0.15) is 0 Å². The minimum absolute atomic E-state index is 0.449. The molecule has 1 aromatic carbocycles. The molecule has 1 aliphatic rings. The Morgan fingerprint density at radius 2 is 1.59 bits per heavy atom. The zero-order valence-corrected chi connectivity index (χ0v) is 12.2. The van der Waals surface area contributed by atoms with Crippen LogP contribution < -0.4 is 10.0 Å². The third-order valence-electron chi connectivity index (χ3n) is 2.79. The van der Waals surface area contributed by atoms with Crippen molar-refractivity contribution in [1.82, 2.24) is 4.31 Å². The number of benzene rings is 1. The van der Waals surface area contributed by atoms with Crippen molar-refractivity contribution in [2.45, 2.75) is 0 Å². The average Bonchev–Trinajstić information content (AvgIpc) is 2.29. The smallest absolute Gasteiger partial charge is 0.277 e. The molecule has 2 N–H and O–H groups in total. The predicted molar refractivity (Wildman–Crippen MR) is 76.1 cm³/mol. The molecule has 0 bridgehead atoms. The van der Waals surface area contributed by atoms with Crippen LogP contribution in [0.1, 0.15) is 0 Å². The van der Waals surface area contributed by atoms with Crippen LogP contribution in [0.3, 0.4) is 0 Å². The maximum absolute atomic E-state index is 11.2. The first-order valence-corrected chi connectivity index (χ1v) is 7.83. The Morgan fingerprint density at radius 1 is 1.06 bits per heavy atom. The monoisotopic (exact) mass is 367 g/mol. The standard InChI is InChI=1S/C10H14IN3O2S/c11-9-1-3-10(4-2-9)13-5-7-14(8-6-13)17(12,15)16/h1-4H,5-8H2,(H2,12,15,16). The molecule has 1 aromatic rings. The van der Waals surface area contributed by atoms with Gasteiger partial charge in [0.05, 0.1) is 0 Å². The fourth-order valence-electron chi connectivity index (χ4n) is 1.85. The van der Waals surface area contributed by atoms with E-state index in [4.69, 9.17) is 5.14 Å². The lowest BCUT2D eigenvalue weighted by Crippen LogP contribution is -2.50. The molecule has 1 aliphatic heterocycles. The molecule has 7 heteroatoms. The van der Waals surface area contributed by atoms with Gasteiger partial charge < -0.3 is 4.90 Å². The van der Waals surface area contributed by atoms with E-state index in [0.717, 1.165) is 5.69 Å². The molecular formula is C10H14IN3O2S. The van der Waals surface area contributed by atoms with Gasteiger partial charge in [0.2, 0.25) is 0 Å². The van der Waals surface area contributed by atoms with Gasteiger partial charge in [-0.25, -0.2) is 5.14 Å². The molecule has 1 fully saturated rings. The minimum Gasteiger partial charge on any atom is -0.369 e. The van der Waals surface area contributed by atoms with Crippen LogP contribution in [-0.2, 0) is 10.2 Å². The van der Waals surface area contributed by atoms with E-state index >= 15 is 0 Å². The van der Waals surface area contributed by atoms with E-state index in [-0.39, 0.29) is 0 Å². The van der Waals surface area contributed by atoms with Gasteiger partial charge in [-0.15, -0.1) is 0 Å². The predicted octanol–water partition coefficient (Wildman–Crippen LogP) is 0.617. The van der Waals surface area contributed by atoms with Crippen molar-refractivity contribution >= 4 is 38.5 Å². The van der Waals surface area contributed by atoms with Crippen molar-refractivity contribution in [3.05, 3.63) is 27.8 Å². The summed E-state index contributed by atoms with van der Waals surface area (Å²) < 4.78 is 24.8. The van der Waals surface area contributed by atoms with Crippen LogP contribution in [0.2, 0.25) is 0 Å². The molecule has 5 nitrogen and oxygen atoms in total. The van der Waals surface area contributed by atoms with Crippen molar-refractivity contribution in [2.75, 3.05) is 31.1 Å². The quantitative estimate of drug-likeness (QED) is 0.780. The summed E-state index contributed by atoms with van der Waals surface area (Å²) >= 11 is 2.26. The fraction of sp³-hybridized carbons (Fsp3) is 0.400. The van der Waals surface area contributed by atoms with Crippen molar-refractivity contribution in [3.8, 4) is 0 Å². The topological polar surface area (TPSA) is 66.6 Å². The zero-order chi connectivity index (χ0) is 12.5. The van der Waals surface area contributed by atoms with Crippen molar-refractivity contribution in [3.63, 3.8) is 0 Å². The number of nitrogens with zero attached hydrogens (tertiary/aromatic N) is 2. The first kappa shape index (κ1) is 13.1. The van der Waals surface area contributed by atoms with E-state index in [1.165, 1.54) is 7.88 Å². The molecule has 94 valence electrons. The van der Waals surface area contributed by atoms with Gasteiger partial charge in [0.15, 0.2) is 0 Å². The average molecular weight is 367 g/mol. The maximum Gasteiger partial charge on any atom is 0.277 e. The van der Waals surface area contributed by atoms with Gasteiger partial charge >= 0.3 is 0 Å². The number of hydrogen-bond donors (Lipinski definition) is 1. The molecular weight excluding hydrogens is 353 g/mol. The number of halogens is 1. The van der Waals surface area contributed by atoms with E-state index in [2.05, 4.69) is 27.5 Å². The molecule has 0 atom stereocenters. The lowest BCUT2D eigenvalue weighted by Gasteiger charge is -2.34. The molecule has 0 amide bonds. The van der Waals surface area contributed by atoms with Crippen molar-refractivity contribution in [2.24, 2.45) is 5.14 Å². The molecule has 0 saturated carbocycles. The lowest BCUT2D eigenvalue weighted by molar-refractivity contribution is 0.385. The summed E-state index contributed by atoms with van der Waals surface area (Å²) in [7, 11) is -3.53. The maximum atomic E-state index is 11.2. The van der Waals surface area contributed by atoms with Gasteiger partial charge in [-0.1, -0.05) is 0 Å². The highest BCUT2D eigenvalue weighted by Crippen LogP contribution is 2.18. The SMILES string of the molecule is NS(=O)(=O)N1CCN(c2ccc(I)cc2)CC1. The Morgan fingerprint density at radius 3 is 2.06 bits per heavy atom. The second-order valence-electron chi connectivity index (χ2n) is 3.91. The Hall–Kier alpha value is -0.380. The Kier molecular flexibility index (Phi) is 3.91. The van der Waals surface area contributed by atoms with Crippen LogP contribution in [0.15, 0.2) is 24.3 Å². The van der Waals surface area contributed by atoms with E-state index in [1.807, 2.05) is 24.3 Å². The van der Waals surface area contributed by atoms with Crippen LogP contribution >= 0.6 is 22.6 Å². The largest absolute Gasteiger partial charge is 0.369 e. The normalized spacial score (nSPS) is 18.4. The van der Waals surface area contributed by atoms with Gasteiger partial charge in [-0.05, 0) is 46.9 Å². The van der Waals surface area contributed by atoms with E-state index in [0.29, 0.717) is 26.2 Å². The van der Waals surface area contributed by atoms with E-state index < -0.39 is 10.2 Å². The molecule has 0 radical (unpaired) electrons. The summed E-state index contributed by atoms with van der Waals surface area (Å²) in [6.45, 7) is 2.25. The number of piperazine rings is 1. The van der Waals surface area contributed by atoms with E-state index in [9.17, 15) is 8.42 Å². The van der Waals surface area contributed by atoms with Gasteiger partial charge in [0.25, 0.3) is 10.2 Å². The van der Waals surface area contributed by atoms with Crippen LogP contribution in [0, 0.1) is 3.57 Å². The summed E-state index contributed by atoms with van der Waals surface area (Å²) in [6, 6.07) is 8.19. The molecule has 17 heavy (non-hydrogen) atoms. The van der Waals surface area contributed by atoms with Crippen LogP contribution in [0.5, 0.6) is 0 Å². The first-order chi connectivity index (χ1) is 7.97. The minimum atomic E-state index is -3.53. The van der Waals surface area contributed by atoms with Crippen molar-refractivity contribution < 1.29 is 8.42 Å². The first-order valence-electron chi connectivity index (χ1n) is 5.25. The number of rotatable bonds is 2. The summed E-state index contributed by atoms with van der Waals surface area (Å²) in [5.41, 5.74) is 1.12. The molecule has 0 spiro atoms. The molecule has 0 aromatic heterocycles. The lowest BCUT2D eigenvalue weighted by atomic mass is 10.2. The van der Waals surface area contributed by atoms with Crippen LogP contribution in [-0.4, -0.2) is 38.9 Å². The highest BCUT2D eigenvalue weighted by molar-refractivity contribution is 14.1. The van der Waals surface area contributed by atoms with Gasteiger partial charge in [-0.3, -0.25) is 0 Å². The fourth-order valence-corrected chi connectivity index (χ4v) is 2.88. The van der Waals surface area contributed by atoms with E-state index in [1.54, 1.807) is 0 Å². The van der Waals surface area contributed by atoms with Gasteiger partial charge in [0, 0.05) is 35.4 Å². The third kappa shape index (κ3) is 3.30. The third-order valence-corrected chi connectivity index (χ3v) is 4.59. The Labute approximate surface area is 115 Å². The highest BCUT2D eigenvalue weighted by Gasteiger charge is 2.23. The van der Waals surface area contributed by atoms with Crippen molar-refractivity contribution in [1.29, 1.82) is 0 Å². The molecule has 0 unspecified atom stereocenters. The summed E-state index contributed by atoms with van der Waals surface area (Å²) in [5, 5.41) is 5.09. The van der Waals surface area contributed by atoms with Crippen LogP contribution in [0.25, 0.3) is 0 Å². The molecule has 0 aliphatic carbocycles. The van der Waals surface area contributed by atoms with Crippen LogP contribution in [0.4, 0.5) is 5.69 Å². The highest BCUT2D eigenvalue weighted by atomic mass is 127. The van der Waals surface area contributed by atoms with Gasteiger partial charge in [-0.2, -0.15) is 12.7 Å². The second kappa shape index (κ2) is 5.09. The number of nitrogens with two attached hydrogens (primary N) is 1. The summed E-state index contributed by atoms with van der Waals surface area (Å²) in [6.07, 6.45) is 0. The molecule has 1 heterocycles. The zero-order valence-electron chi connectivity index (χ0n) is 9.21. The summed E-state index contributed by atoms with van der Waals surface area (Å²) in [4.78, 5) is 2.16. The number of anilines is 1. The molecule has 2 rings (SSSR count). The Balaban J connectivity index is 2.02.